The SMILES string of the molecule is C=CC(=O)N1CCN(c2c(C#N)c(=O)n(-c3c(C)ccnc3C(C)C)c3nc(-c4c(N)c(F)c(F)c(F)c4F)c(Cl)cc23)CC1.C=CC(=O)N1CCN(c2c(C#N)c(=O)n(-c3c(C)ccnc3C(C)C)c3nc(-c4c(N)c(F)c(F)c(F)c4F)c(Cl)cc23)CC1.C=CC(=O)N1CCN(c2c(C#N)c(=O)n(-c3c(C)ccnc3C(C)C)c3nc(-c4c(N)c(F)c(F)c(F)c4F)c(Cl)cc23)CC1. The fourth-order valence-corrected chi connectivity index (χ4v) is 17.3. The second kappa shape index (κ2) is 38.7. The summed E-state index contributed by atoms with van der Waals surface area (Å²) >= 11 is 19.7. The highest BCUT2D eigenvalue weighted by Crippen LogP contribution is 2.47. The van der Waals surface area contributed by atoms with Gasteiger partial charge in [0.05, 0.1) is 117 Å². The molecule has 3 aliphatic rings. The molecule has 0 bridgehead atoms. The molecule has 27 nitrogen and oxygen atoms in total. The molecular formula is C93H78Cl3F12N21O6. The first kappa shape index (κ1) is 97.6. The fourth-order valence-electron chi connectivity index (χ4n) is 16.6. The van der Waals surface area contributed by atoms with Crippen molar-refractivity contribution in [2.24, 2.45) is 0 Å². The van der Waals surface area contributed by atoms with Crippen LogP contribution in [0.2, 0.25) is 15.1 Å². The molecule has 9 aromatic heterocycles. The van der Waals surface area contributed by atoms with Crippen LogP contribution in [0.1, 0.15) is 110 Å². The first-order valence-electron chi connectivity index (χ1n) is 41.3. The van der Waals surface area contributed by atoms with Crippen LogP contribution in [0.3, 0.4) is 0 Å². The van der Waals surface area contributed by atoms with Crippen molar-refractivity contribution in [3.8, 4) is 69.0 Å². The van der Waals surface area contributed by atoms with Gasteiger partial charge in [-0.25, -0.2) is 67.6 Å². The van der Waals surface area contributed by atoms with Crippen LogP contribution in [-0.2, 0) is 14.4 Å². The lowest BCUT2D eigenvalue weighted by molar-refractivity contribution is -0.127. The minimum Gasteiger partial charge on any atom is -0.396 e. The summed E-state index contributed by atoms with van der Waals surface area (Å²) in [5, 5.41) is 30.5. The highest BCUT2D eigenvalue weighted by Gasteiger charge is 2.39. The van der Waals surface area contributed by atoms with Crippen molar-refractivity contribution in [2.75, 3.05) is 110 Å². The molecule has 135 heavy (non-hydrogen) atoms. The van der Waals surface area contributed by atoms with Crippen molar-refractivity contribution >= 4 is 120 Å². The average Bonchev–Trinajstić information content (AvgIpc) is 0.728. The van der Waals surface area contributed by atoms with Crippen molar-refractivity contribution in [1.82, 2.24) is 58.3 Å². The predicted octanol–water partition coefficient (Wildman–Crippen LogP) is 16.1. The number of pyridine rings is 9. The maximum Gasteiger partial charge on any atom is 0.276 e. The van der Waals surface area contributed by atoms with Gasteiger partial charge in [-0.05, 0) is 110 Å². The number of hydrogen-bond donors (Lipinski definition) is 3. The third kappa shape index (κ3) is 17.1. The minimum atomic E-state index is -2.12. The first-order chi connectivity index (χ1) is 64.0. The van der Waals surface area contributed by atoms with E-state index < -0.39 is 137 Å². The summed E-state index contributed by atoms with van der Waals surface area (Å²) in [5.41, 5.74) is 10.2. The average molecular weight is 1920 g/mol. The number of carbonyl (C=O) groups is 3. The third-order valence-electron chi connectivity index (χ3n) is 23.2. The van der Waals surface area contributed by atoms with E-state index in [2.05, 4.69) is 49.6 Å². The lowest BCUT2D eigenvalue weighted by atomic mass is 10.0. The molecule has 6 N–H and O–H groups in total. The Bertz CT molecular complexity index is 6640. The number of halogens is 15. The number of aryl methyl sites for hydroxylation is 3. The van der Waals surface area contributed by atoms with Crippen LogP contribution in [0, 0.1) is 125 Å². The third-order valence-corrected chi connectivity index (χ3v) is 24.1. The number of amides is 3. The second-order valence-electron chi connectivity index (χ2n) is 32.2. The van der Waals surface area contributed by atoms with Crippen LogP contribution in [-0.4, -0.2) is 155 Å². The number of carbonyl (C=O) groups excluding carboxylic acids is 3. The lowest BCUT2D eigenvalue weighted by Gasteiger charge is -2.36. The van der Waals surface area contributed by atoms with E-state index in [0.717, 1.165) is 13.7 Å². The van der Waals surface area contributed by atoms with Gasteiger partial charge in [0.25, 0.3) is 16.7 Å². The van der Waals surface area contributed by atoms with E-state index in [4.69, 9.17) is 52.0 Å². The van der Waals surface area contributed by atoms with E-state index in [1.807, 2.05) is 59.8 Å². The smallest absolute Gasteiger partial charge is 0.276 e. The molecule has 0 aliphatic carbocycles. The largest absolute Gasteiger partial charge is 0.396 e. The van der Waals surface area contributed by atoms with Crippen molar-refractivity contribution in [1.29, 1.82) is 15.8 Å². The summed E-state index contributed by atoms with van der Waals surface area (Å²) in [6.45, 7) is 29.5. The number of piperazine rings is 3. The van der Waals surface area contributed by atoms with E-state index >= 15 is 13.2 Å². The van der Waals surface area contributed by atoms with Gasteiger partial charge >= 0.3 is 0 Å². The van der Waals surface area contributed by atoms with Gasteiger partial charge in [-0.3, -0.25) is 57.4 Å². The molecule has 12 aromatic rings. The number of nitrogen functional groups attached to an aromatic ring is 3. The molecule has 15 rings (SSSR count). The number of nitrogens with zero attached hydrogens (tertiary/aromatic N) is 18. The summed E-state index contributed by atoms with van der Waals surface area (Å²) < 4.78 is 178. The number of nitrogens with two attached hydrogens (primary N) is 3. The number of hydrogen-bond acceptors (Lipinski definition) is 21. The summed E-state index contributed by atoms with van der Waals surface area (Å²) in [7, 11) is 0. The van der Waals surface area contributed by atoms with Gasteiger partial charge in [-0.2, -0.15) is 15.8 Å². The summed E-state index contributed by atoms with van der Waals surface area (Å²) in [4.78, 5) is 116. The van der Waals surface area contributed by atoms with Crippen molar-refractivity contribution < 1.29 is 67.1 Å². The molecule has 3 saturated heterocycles. The number of fused-ring (bicyclic) bond motifs is 3. The topological polar surface area (TPSA) is 363 Å². The Morgan fingerprint density at radius 3 is 0.785 bits per heavy atom. The standard InChI is InChI=1S/3C31H26ClF4N7O2/c3*1-5-19(44)41-8-10-42(11-9-41)29-16-12-18(32)27(20-21(33)22(34)23(35)24(36)25(20)38)40-30(16)43(31(45)17(29)13-37)28-15(4)6-7-39-26(28)14(2)3/h3*5-7,12,14H,1,8-11,38H2,2-4H3. The minimum absolute atomic E-state index is 0.151. The predicted molar refractivity (Wildman–Crippen MR) is 487 cm³/mol. The summed E-state index contributed by atoms with van der Waals surface area (Å²) in [6, 6.07) is 14.8. The quantitative estimate of drug-likeness (QED) is 0.0282. The van der Waals surface area contributed by atoms with E-state index in [-0.39, 0.29) is 213 Å². The van der Waals surface area contributed by atoms with Gasteiger partial charge in [-0.15, -0.1) is 0 Å². The van der Waals surface area contributed by atoms with Crippen molar-refractivity contribution in [2.45, 2.75) is 80.1 Å². The zero-order valence-electron chi connectivity index (χ0n) is 73.2. The van der Waals surface area contributed by atoms with Crippen LogP contribution >= 0.6 is 34.8 Å². The summed E-state index contributed by atoms with van der Waals surface area (Å²) in [6.07, 6.45) is 8.23. The van der Waals surface area contributed by atoms with E-state index in [9.17, 15) is 84.1 Å². The second-order valence-corrected chi connectivity index (χ2v) is 33.5. The van der Waals surface area contributed by atoms with Crippen LogP contribution in [0.15, 0.2) is 107 Å². The molecule has 0 atom stereocenters. The van der Waals surface area contributed by atoms with Gasteiger partial charge in [0.15, 0.2) is 69.8 Å². The van der Waals surface area contributed by atoms with Crippen molar-refractivity contribution in [3.05, 3.63) is 259 Å². The van der Waals surface area contributed by atoms with Gasteiger partial charge in [-0.1, -0.05) is 96.1 Å². The van der Waals surface area contributed by atoms with Crippen LogP contribution in [0.25, 0.3) is 83.9 Å². The number of nitriles is 3. The maximum absolute atomic E-state index is 15.2. The normalized spacial score (nSPS) is 13.4. The zero-order chi connectivity index (χ0) is 98.7. The molecule has 12 heterocycles. The van der Waals surface area contributed by atoms with Crippen molar-refractivity contribution in [3.63, 3.8) is 0 Å². The molecule has 0 radical (unpaired) electrons. The Morgan fingerprint density at radius 2 is 0.585 bits per heavy atom. The van der Waals surface area contributed by atoms with Gasteiger partial charge < -0.3 is 46.6 Å². The Balaban J connectivity index is 0.000000171. The van der Waals surface area contributed by atoms with Crippen LogP contribution in [0.4, 0.5) is 86.8 Å². The Labute approximate surface area is 775 Å². The molecule has 3 aliphatic heterocycles. The van der Waals surface area contributed by atoms with Gasteiger partial charge in [0.2, 0.25) is 17.7 Å². The maximum atomic E-state index is 15.2. The van der Waals surface area contributed by atoms with E-state index in [1.165, 1.54) is 36.4 Å². The van der Waals surface area contributed by atoms with Crippen LogP contribution in [0.5, 0.6) is 0 Å². The first-order valence-corrected chi connectivity index (χ1v) is 42.4. The van der Waals surface area contributed by atoms with Crippen LogP contribution < -0.4 is 48.6 Å². The summed E-state index contributed by atoms with van der Waals surface area (Å²) in [5.74, 6) is -25.2. The van der Waals surface area contributed by atoms with Gasteiger partial charge in [0.1, 0.15) is 51.8 Å². The molecule has 3 fully saturated rings. The highest BCUT2D eigenvalue weighted by atomic mass is 35.5. The number of aromatic nitrogens is 9. The molecule has 3 amide bonds. The molecule has 0 unspecified atom stereocenters. The molecule has 0 saturated carbocycles. The number of rotatable bonds is 15. The van der Waals surface area contributed by atoms with Gasteiger partial charge in [0, 0.05) is 113 Å². The number of anilines is 6. The highest BCUT2D eigenvalue weighted by molar-refractivity contribution is 6.35. The Morgan fingerprint density at radius 1 is 0.370 bits per heavy atom. The Hall–Kier alpha value is -14.9. The molecule has 3 aromatic carbocycles. The van der Waals surface area contributed by atoms with E-state index in [1.54, 1.807) is 87.0 Å². The van der Waals surface area contributed by atoms with E-state index in [0.29, 0.717) is 33.8 Å². The molecule has 696 valence electrons. The molecular weight excluding hydrogens is 1840 g/mol. The Kier molecular flexibility index (Phi) is 28.0. The lowest BCUT2D eigenvalue weighted by Crippen LogP contribution is -2.49. The zero-order valence-corrected chi connectivity index (χ0v) is 75.4. The molecule has 0 spiro atoms. The number of benzene rings is 3. The molecule has 42 heteroatoms. The monoisotopic (exact) mass is 1920 g/mol. The fraction of sp³-hybridized carbons (Fsp3) is 0.258.